The van der Waals surface area contributed by atoms with Gasteiger partial charge in [-0.2, -0.15) is 0 Å². The zero-order valence-corrected chi connectivity index (χ0v) is 16.1. The fourth-order valence-corrected chi connectivity index (χ4v) is 2.74. The number of alkyl carbamates (subject to hydrolysis) is 1. The molecule has 0 aliphatic heterocycles. The van der Waals surface area contributed by atoms with E-state index in [1.165, 1.54) is 0 Å². The van der Waals surface area contributed by atoms with E-state index in [9.17, 15) is 9.59 Å². The number of ether oxygens (including phenoxy) is 1. The molecule has 0 unspecified atom stereocenters. The van der Waals surface area contributed by atoms with E-state index in [1.54, 1.807) is 6.92 Å². The Morgan fingerprint density at radius 1 is 0.889 bits per heavy atom. The molecule has 5 heteroatoms. The van der Waals surface area contributed by atoms with Crippen LogP contribution in [0, 0.1) is 5.92 Å². The van der Waals surface area contributed by atoms with Gasteiger partial charge in [-0.05, 0) is 30.4 Å². The molecule has 144 valence electrons. The first-order valence-electron chi connectivity index (χ1n) is 9.28. The molecule has 2 amide bonds. The molecule has 0 aliphatic carbocycles. The van der Waals surface area contributed by atoms with Crippen molar-refractivity contribution in [2.24, 2.45) is 5.92 Å². The van der Waals surface area contributed by atoms with Crippen LogP contribution < -0.4 is 10.6 Å². The van der Waals surface area contributed by atoms with Crippen molar-refractivity contribution in [3.8, 4) is 0 Å². The van der Waals surface area contributed by atoms with Crippen molar-refractivity contribution >= 4 is 12.0 Å². The molecule has 2 aromatic carbocycles. The van der Waals surface area contributed by atoms with Crippen LogP contribution in [0.3, 0.4) is 0 Å². The van der Waals surface area contributed by atoms with E-state index in [2.05, 4.69) is 24.5 Å². The van der Waals surface area contributed by atoms with E-state index in [0.717, 1.165) is 17.5 Å². The van der Waals surface area contributed by atoms with Crippen LogP contribution >= 0.6 is 0 Å². The van der Waals surface area contributed by atoms with Crippen molar-refractivity contribution in [1.82, 2.24) is 10.6 Å². The first-order valence-corrected chi connectivity index (χ1v) is 9.28. The molecule has 0 spiro atoms. The van der Waals surface area contributed by atoms with Crippen LogP contribution in [-0.2, 0) is 16.1 Å². The number of carbonyl (C=O) groups excluding carboxylic acids is 2. The van der Waals surface area contributed by atoms with Crippen LogP contribution in [0.2, 0.25) is 0 Å². The van der Waals surface area contributed by atoms with Crippen molar-refractivity contribution in [2.45, 2.75) is 45.9 Å². The highest BCUT2D eigenvalue weighted by molar-refractivity contribution is 5.85. The molecule has 0 radical (unpaired) electrons. The predicted octanol–water partition coefficient (Wildman–Crippen LogP) is 4.20. The molecule has 0 fully saturated rings. The van der Waals surface area contributed by atoms with Gasteiger partial charge in [0, 0.05) is 0 Å². The second kappa shape index (κ2) is 10.4. The average molecular weight is 368 g/mol. The number of hydrogen-bond donors (Lipinski definition) is 2. The monoisotopic (exact) mass is 368 g/mol. The molecule has 0 aliphatic rings. The number of benzene rings is 2. The molecule has 2 N–H and O–H groups in total. The van der Waals surface area contributed by atoms with E-state index >= 15 is 0 Å². The topological polar surface area (TPSA) is 67.4 Å². The van der Waals surface area contributed by atoms with Gasteiger partial charge < -0.3 is 15.4 Å². The molecule has 2 rings (SSSR count). The summed E-state index contributed by atoms with van der Waals surface area (Å²) in [6.07, 6.45) is 0.211. The second-order valence-electron chi connectivity index (χ2n) is 7.03. The van der Waals surface area contributed by atoms with Crippen LogP contribution in [0.15, 0.2) is 60.7 Å². The van der Waals surface area contributed by atoms with Gasteiger partial charge in [0.2, 0.25) is 5.91 Å². The third-order valence-corrected chi connectivity index (χ3v) is 4.17. The molecule has 0 saturated carbocycles. The van der Waals surface area contributed by atoms with Crippen molar-refractivity contribution in [2.75, 3.05) is 0 Å². The van der Waals surface area contributed by atoms with Crippen LogP contribution in [0.25, 0.3) is 0 Å². The minimum atomic E-state index is -0.688. The predicted molar refractivity (Wildman–Crippen MR) is 106 cm³/mol. The molecule has 2 aromatic rings. The zero-order chi connectivity index (χ0) is 19.6. The lowest BCUT2D eigenvalue weighted by molar-refractivity contribution is -0.123. The van der Waals surface area contributed by atoms with Gasteiger partial charge in [0.1, 0.15) is 12.6 Å². The quantitative estimate of drug-likeness (QED) is 0.734. The highest BCUT2D eigenvalue weighted by atomic mass is 16.5. The third-order valence-electron chi connectivity index (χ3n) is 4.17. The van der Waals surface area contributed by atoms with Crippen LogP contribution in [-0.4, -0.2) is 18.0 Å². The Hall–Kier alpha value is -2.82. The Balaban J connectivity index is 1.87. The van der Waals surface area contributed by atoms with E-state index in [4.69, 9.17) is 4.74 Å². The lowest BCUT2D eigenvalue weighted by atomic mass is 9.97. The summed E-state index contributed by atoms with van der Waals surface area (Å²) in [5, 5.41) is 5.62. The largest absolute Gasteiger partial charge is 0.445 e. The standard InChI is InChI=1S/C22H28N2O3/c1-16(2)14-20(19-12-8-5-9-13-19)24-21(25)17(3)23-22(26)27-15-18-10-6-4-7-11-18/h4-13,16-17,20H,14-15H2,1-3H3,(H,23,26)(H,24,25)/t17-,20-/m1/s1. The Labute approximate surface area is 161 Å². The average Bonchev–Trinajstić information content (AvgIpc) is 2.67. The van der Waals surface area contributed by atoms with Gasteiger partial charge in [-0.3, -0.25) is 4.79 Å². The van der Waals surface area contributed by atoms with E-state index in [0.29, 0.717) is 5.92 Å². The number of hydrogen-bond acceptors (Lipinski definition) is 3. The van der Waals surface area contributed by atoms with Crippen molar-refractivity contribution in [3.05, 3.63) is 71.8 Å². The summed E-state index contributed by atoms with van der Waals surface area (Å²) in [7, 11) is 0. The maximum atomic E-state index is 12.5. The Kier molecular flexibility index (Phi) is 7.86. The number of carbonyl (C=O) groups is 2. The first-order chi connectivity index (χ1) is 13.0. The summed E-state index contributed by atoms with van der Waals surface area (Å²) in [4.78, 5) is 24.5. The normalized spacial score (nSPS) is 12.9. The smallest absolute Gasteiger partial charge is 0.408 e. The van der Waals surface area contributed by atoms with Crippen molar-refractivity contribution < 1.29 is 14.3 Å². The number of nitrogens with one attached hydrogen (secondary N) is 2. The Bertz CT molecular complexity index is 717. The fraction of sp³-hybridized carbons (Fsp3) is 0.364. The highest BCUT2D eigenvalue weighted by Crippen LogP contribution is 2.21. The number of rotatable bonds is 8. The summed E-state index contributed by atoms with van der Waals surface area (Å²) >= 11 is 0. The van der Waals surface area contributed by atoms with E-state index in [1.807, 2.05) is 60.7 Å². The fourth-order valence-electron chi connectivity index (χ4n) is 2.74. The van der Waals surface area contributed by atoms with Gasteiger partial charge in [0.25, 0.3) is 0 Å². The van der Waals surface area contributed by atoms with Crippen LogP contribution in [0.4, 0.5) is 4.79 Å². The van der Waals surface area contributed by atoms with E-state index in [-0.39, 0.29) is 18.6 Å². The summed E-state index contributed by atoms with van der Waals surface area (Å²) in [5.41, 5.74) is 1.95. The third kappa shape index (κ3) is 7.13. The highest BCUT2D eigenvalue weighted by Gasteiger charge is 2.21. The lowest BCUT2D eigenvalue weighted by Gasteiger charge is -2.23. The van der Waals surface area contributed by atoms with Crippen LogP contribution in [0.5, 0.6) is 0 Å². The molecule has 0 heterocycles. The maximum absolute atomic E-state index is 12.5. The Morgan fingerprint density at radius 2 is 1.48 bits per heavy atom. The molecular weight excluding hydrogens is 340 g/mol. The van der Waals surface area contributed by atoms with Gasteiger partial charge in [-0.15, -0.1) is 0 Å². The zero-order valence-electron chi connectivity index (χ0n) is 16.1. The molecule has 5 nitrogen and oxygen atoms in total. The molecule has 27 heavy (non-hydrogen) atoms. The molecular formula is C22H28N2O3. The summed E-state index contributed by atoms with van der Waals surface area (Å²) < 4.78 is 5.17. The molecule has 0 saturated heterocycles. The molecule has 0 aromatic heterocycles. The van der Waals surface area contributed by atoms with Crippen molar-refractivity contribution in [1.29, 1.82) is 0 Å². The summed E-state index contributed by atoms with van der Waals surface area (Å²) in [5.74, 6) is 0.191. The second-order valence-corrected chi connectivity index (χ2v) is 7.03. The SMILES string of the molecule is CC(C)C[C@@H](NC(=O)[C@@H](C)NC(=O)OCc1ccccc1)c1ccccc1. The minimum Gasteiger partial charge on any atom is -0.445 e. The maximum Gasteiger partial charge on any atom is 0.408 e. The van der Waals surface area contributed by atoms with Gasteiger partial charge in [-0.1, -0.05) is 74.5 Å². The van der Waals surface area contributed by atoms with E-state index < -0.39 is 12.1 Å². The van der Waals surface area contributed by atoms with Gasteiger partial charge in [0.15, 0.2) is 0 Å². The van der Waals surface area contributed by atoms with Gasteiger partial charge in [-0.25, -0.2) is 4.79 Å². The lowest BCUT2D eigenvalue weighted by Crippen LogP contribution is -2.46. The molecule has 2 atom stereocenters. The number of amides is 2. The minimum absolute atomic E-state index is 0.0942. The van der Waals surface area contributed by atoms with Gasteiger partial charge >= 0.3 is 6.09 Å². The first kappa shape index (κ1) is 20.5. The van der Waals surface area contributed by atoms with Crippen molar-refractivity contribution in [3.63, 3.8) is 0 Å². The summed E-state index contributed by atoms with van der Waals surface area (Å²) in [6.45, 7) is 6.05. The molecule has 0 bridgehead atoms. The van der Waals surface area contributed by atoms with Gasteiger partial charge in [0.05, 0.1) is 6.04 Å². The Morgan fingerprint density at radius 3 is 2.07 bits per heavy atom. The summed E-state index contributed by atoms with van der Waals surface area (Å²) in [6, 6.07) is 18.5. The van der Waals surface area contributed by atoms with Crippen LogP contribution in [0.1, 0.15) is 44.4 Å².